The molecule has 2 aromatic heterocycles. The maximum atomic E-state index is 13.9. The van der Waals surface area contributed by atoms with Gasteiger partial charge in [-0.25, -0.2) is 14.1 Å². The molecule has 0 atom stereocenters. The van der Waals surface area contributed by atoms with Gasteiger partial charge in [0.1, 0.15) is 5.82 Å². The number of halogens is 4. The van der Waals surface area contributed by atoms with Crippen molar-refractivity contribution < 1.29 is 22.4 Å². The summed E-state index contributed by atoms with van der Waals surface area (Å²) < 4.78 is 56.1. The van der Waals surface area contributed by atoms with Gasteiger partial charge >= 0.3 is 6.18 Å². The van der Waals surface area contributed by atoms with E-state index >= 15 is 0 Å². The molecule has 2 heterocycles. The Morgan fingerprint density at radius 1 is 1.15 bits per heavy atom. The molecule has 0 fully saturated rings. The van der Waals surface area contributed by atoms with E-state index in [0.717, 1.165) is 12.1 Å². The molecule has 0 saturated carbocycles. The summed E-state index contributed by atoms with van der Waals surface area (Å²) in [6, 6.07) is 8.64. The van der Waals surface area contributed by atoms with Crippen LogP contribution in [-0.2, 0) is 13.2 Å². The zero-order valence-corrected chi connectivity index (χ0v) is 18.2. The number of aryl methyl sites for hydroxylation is 1. The van der Waals surface area contributed by atoms with Crippen LogP contribution in [0.3, 0.4) is 0 Å². The maximum Gasteiger partial charge on any atom is 0.416 e. The Bertz CT molecular complexity index is 1330. The lowest BCUT2D eigenvalue weighted by atomic mass is 10.2. The van der Waals surface area contributed by atoms with Crippen LogP contribution >= 0.6 is 11.8 Å². The predicted octanol–water partition coefficient (Wildman–Crippen LogP) is 5.48. The van der Waals surface area contributed by atoms with Crippen molar-refractivity contribution in [3.8, 4) is 5.69 Å². The highest BCUT2D eigenvalue weighted by Gasteiger charge is 2.30. The van der Waals surface area contributed by atoms with Crippen LogP contribution in [0, 0.1) is 12.7 Å². The predicted molar refractivity (Wildman–Crippen MR) is 115 cm³/mol. The number of hydrogen-bond donors (Lipinski definition) is 1. The van der Waals surface area contributed by atoms with E-state index in [9.17, 15) is 22.4 Å². The minimum absolute atomic E-state index is 0.143. The average molecular weight is 475 g/mol. The first-order valence-corrected chi connectivity index (χ1v) is 10.4. The molecule has 0 saturated heterocycles. The van der Waals surface area contributed by atoms with Gasteiger partial charge in [0, 0.05) is 24.3 Å². The Kier molecular flexibility index (Phi) is 5.98. The van der Waals surface area contributed by atoms with Crippen LogP contribution in [-0.4, -0.2) is 25.2 Å². The summed E-state index contributed by atoms with van der Waals surface area (Å²) in [5.74, 6) is -1.11. The molecule has 0 unspecified atom stereocenters. The second-order valence-electron chi connectivity index (χ2n) is 7.12. The Labute approximate surface area is 190 Å². The Morgan fingerprint density at radius 3 is 2.64 bits per heavy atom. The van der Waals surface area contributed by atoms with E-state index in [1.165, 1.54) is 53.0 Å². The molecule has 0 aliphatic rings. The Hall–Kier alpha value is -3.60. The molecule has 1 amide bonds. The highest BCUT2D eigenvalue weighted by atomic mass is 32.2. The molecular formula is C22H17F4N5OS. The summed E-state index contributed by atoms with van der Waals surface area (Å²) in [6.07, 6.45) is 0.136. The molecule has 11 heteroatoms. The van der Waals surface area contributed by atoms with Gasteiger partial charge in [-0.2, -0.15) is 18.3 Å². The number of rotatable bonds is 5. The second kappa shape index (κ2) is 8.74. The fourth-order valence-corrected chi connectivity index (χ4v) is 4.01. The Balaban J connectivity index is 1.62. The van der Waals surface area contributed by atoms with Crippen LogP contribution in [0.2, 0.25) is 0 Å². The van der Waals surface area contributed by atoms with Crippen LogP contribution in [0.25, 0.3) is 5.69 Å². The SMILES string of the molecule is Cc1c(C(=O)Nc2cc(F)ccc2Sc2nccn2C)cnn1-c1cccc(C(F)(F)F)c1. The number of carbonyl (C=O) groups excluding carboxylic acids is 1. The van der Waals surface area contributed by atoms with Gasteiger partial charge in [0.15, 0.2) is 5.16 Å². The van der Waals surface area contributed by atoms with Crippen molar-refractivity contribution in [1.29, 1.82) is 0 Å². The third-order valence-corrected chi connectivity index (χ3v) is 5.99. The van der Waals surface area contributed by atoms with Crippen LogP contribution in [0.4, 0.5) is 23.2 Å². The number of amides is 1. The van der Waals surface area contributed by atoms with Gasteiger partial charge < -0.3 is 9.88 Å². The minimum Gasteiger partial charge on any atom is -0.329 e. The van der Waals surface area contributed by atoms with Gasteiger partial charge in [0.25, 0.3) is 5.91 Å². The molecule has 0 aliphatic carbocycles. The highest BCUT2D eigenvalue weighted by molar-refractivity contribution is 7.99. The minimum atomic E-state index is -4.50. The van der Waals surface area contributed by atoms with Crippen molar-refractivity contribution in [2.24, 2.45) is 7.05 Å². The van der Waals surface area contributed by atoms with Crippen molar-refractivity contribution >= 4 is 23.4 Å². The smallest absolute Gasteiger partial charge is 0.329 e. The third-order valence-electron chi connectivity index (χ3n) is 4.84. The number of nitrogens with one attached hydrogen (secondary N) is 1. The summed E-state index contributed by atoms with van der Waals surface area (Å²) in [6.45, 7) is 1.57. The molecule has 0 bridgehead atoms. The first kappa shape index (κ1) is 22.6. The van der Waals surface area contributed by atoms with Crippen LogP contribution in [0.15, 0.2) is 71.1 Å². The highest BCUT2D eigenvalue weighted by Crippen LogP contribution is 2.34. The number of nitrogens with zero attached hydrogens (tertiary/aromatic N) is 4. The molecule has 0 aliphatic heterocycles. The molecule has 1 N–H and O–H groups in total. The van der Waals surface area contributed by atoms with Crippen molar-refractivity contribution in [3.05, 3.63) is 83.7 Å². The molecular weight excluding hydrogens is 458 g/mol. The third kappa shape index (κ3) is 4.77. The standard InChI is InChI=1S/C22H17F4N5OS/c1-13-17(12-28-31(13)16-5-3-4-14(10-16)22(24,25)26)20(32)29-18-11-15(23)6-7-19(18)33-21-27-8-9-30(21)2/h3-12H,1-2H3,(H,29,32). The normalized spacial score (nSPS) is 11.6. The number of carbonyl (C=O) groups is 1. The lowest BCUT2D eigenvalue weighted by Crippen LogP contribution is -2.14. The van der Waals surface area contributed by atoms with Gasteiger partial charge in [-0.1, -0.05) is 6.07 Å². The van der Waals surface area contributed by atoms with E-state index in [1.54, 1.807) is 23.9 Å². The lowest BCUT2D eigenvalue weighted by Gasteiger charge is -2.12. The first-order chi connectivity index (χ1) is 15.6. The van der Waals surface area contributed by atoms with Crippen LogP contribution in [0.1, 0.15) is 21.6 Å². The molecule has 2 aromatic carbocycles. The number of aromatic nitrogens is 4. The molecule has 4 rings (SSSR count). The average Bonchev–Trinajstić information content (AvgIpc) is 3.34. The van der Waals surface area contributed by atoms with Crippen molar-refractivity contribution in [2.45, 2.75) is 23.2 Å². The summed E-state index contributed by atoms with van der Waals surface area (Å²) in [7, 11) is 1.81. The summed E-state index contributed by atoms with van der Waals surface area (Å²) in [5, 5.41) is 7.39. The van der Waals surface area contributed by atoms with Gasteiger partial charge in [0.05, 0.1) is 34.4 Å². The van der Waals surface area contributed by atoms with Crippen molar-refractivity contribution in [3.63, 3.8) is 0 Å². The summed E-state index contributed by atoms with van der Waals surface area (Å²) >= 11 is 1.25. The van der Waals surface area contributed by atoms with E-state index in [0.29, 0.717) is 15.7 Å². The number of anilines is 1. The summed E-state index contributed by atoms with van der Waals surface area (Å²) in [4.78, 5) is 17.7. The topological polar surface area (TPSA) is 64.7 Å². The van der Waals surface area contributed by atoms with E-state index in [2.05, 4.69) is 15.4 Å². The summed E-state index contributed by atoms with van der Waals surface area (Å²) in [5.41, 5.74) is 0.0557. The van der Waals surface area contributed by atoms with Crippen molar-refractivity contribution in [2.75, 3.05) is 5.32 Å². The maximum absolute atomic E-state index is 13.9. The van der Waals surface area contributed by atoms with Gasteiger partial charge in [0.2, 0.25) is 0 Å². The number of alkyl halides is 3. The number of benzene rings is 2. The molecule has 6 nitrogen and oxygen atoms in total. The molecule has 4 aromatic rings. The van der Waals surface area contributed by atoms with Gasteiger partial charge in [-0.05, 0) is 55.1 Å². The van der Waals surface area contributed by atoms with E-state index in [4.69, 9.17) is 0 Å². The zero-order chi connectivity index (χ0) is 23.8. The Morgan fingerprint density at radius 2 is 1.94 bits per heavy atom. The fourth-order valence-electron chi connectivity index (χ4n) is 3.13. The van der Waals surface area contributed by atoms with Crippen LogP contribution < -0.4 is 5.32 Å². The van der Waals surface area contributed by atoms with E-state index in [1.807, 2.05) is 7.05 Å². The number of hydrogen-bond acceptors (Lipinski definition) is 4. The molecule has 0 radical (unpaired) electrons. The molecule has 170 valence electrons. The van der Waals surface area contributed by atoms with Crippen molar-refractivity contribution in [1.82, 2.24) is 19.3 Å². The molecule has 33 heavy (non-hydrogen) atoms. The van der Waals surface area contributed by atoms with Crippen LogP contribution in [0.5, 0.6) is 0 Å². The monoisotopic (exact) mass is 475 g/mol. The fraction of sp³-hybridized carbons (Fsp3) is 0.136. The number of imidazole rings is 1. The van der Waals surface area contributed by atoms with Gasteiger partial charge in [-0.15, -0.1) is 0 Å². The molecule has 0 spiro atoms. The van der Waals surface area contributed by atoms with E-state index < -0.39 is 23.5 Å². The quantitative estimate of drug-likeness (QED) is 0.389. The second-order valence-corrected chi connectivity index (χ2v) is 8.13. The van der Waals surface area contributed by atoms with E-state index in [-0.39, 0.29) is 16.9 Å². The largest absolute Gasteiger partial charge is 0.416 e. The van der Waals surface area contributed by atoms with Gasteiger partial charge in [-0.3, -0.25) is 4.79 Å². The zero-order valence-electron chi connectivity index (χ0n) is 17.4. The lowest BCUT2D eigenvalue weighted by molar-refractivity contribution is -0.137. The first-order valence-electron chi connectivity index (χ1n) is 9.62.